The molecule has 63 heavy (non-hydrogen) atoms. The van der Waals surface area contributed by atoms with Crippen molar-refractivity contribution in [2.75, 3.05) is 14.7 Å². The standard InChI is InChI=1S/C54H45N6OSe.Pt/c1-53(2,3)38-24-28-56-50(31-38)60-45-25-27-55-34-49(45)62-48-23-22-42(33-47(48)60)61-41-20-13-19-40(32-41)58-35-59(46-21-14-26-57-52(46)58)51-43(36-15-9-7-10-16-36)29-39(54(4,5)6)30-44(51)37-17-11-8-12-18-37;/h7-31,34-35H,1-6H3;/q-3;. The van der Waals surface area contributed by atoms with Gasteiger partial charge in [-0.1, -0.05) is 81.4 Å². The van der Waals surface area contributed by atoms with Gasteiger partial charge in [-0.15, -0.1) is 0 Å². The van der Waals surface area contributed by atoms with Gasteiger partial charge in [-0.3, -0.25) is 0 Å². The molecule has 0 saturated carbocycles. The molecule has 3 aromatic heterocycles. The first-order chi connectivity index (χ1) is 30.0. The van der Waals surface area contributed by atoms with Crippen molar-refractivity contribution in [1.29, 1.82) is 0 Å². The summed E-state index contributed by atoms with van der Waals surface area (Å²) in [6.45, 7) is 15.6. The number of pyridine rings is 3. The molecule has 7 nitrogen and oxygen atoms in total. The summed E-state index contributed by atoms with van der Waals surface area (Å²) in [5, 5.41) is 0. The summed E-state index contributed by atoms with van der Waals surface area (Å²) in [7, 11) is 0. The fraction of sp³-hybridized carbons (Fsp3) is 0.148. The van der Waals surface area contributed by atoms with Gasteiger partial charge < -0.3 is 0 Å². The van der Waals surface area contributed by atoms with Crippen LogP contribution in [0.3, 0.4) is 0 Å². The van der Waals surface area contributed by atoms with Crippen LogP contribution in [-0.2, 0) is 31.9 Å². The van der Waals surface area contributed by atoms with Gasteiger partial charge in [0, 0.05) is 32.2 Å². The van der Waals surface area contributed by atoms with Crippen molar-refractivity contribution in [1.82, 2.24) is 15.0 Å². The van der Waals surface area contributed by atoms with Gasteiger partial charge in [-0.2, -0.15) is 0 Å². The maximum atomic E-state index is 6.66. The number of hydrogen-bond donors (Lipinski definition) is 0. The van der Waals surface area contributed by atoms with Crippen LogP contribution in [0.1, 0.15) is 52.7 Å². The van der Waals surface area contributed by atoms with Gasteiger partial charge >= 0.3 is 240 Å². The zero-order valence-electron chi connectivity index (χ0n) is 35.9. The Bertz CT molecular complexity index is 2890. The molecule has 9 heteroatoms. The van der Waals surface area contributed by atoms with Crippen molar-refractivity contribution in [3.8, 4) is 33.8 Å². The monoisotopic (exact) mass is 1070 g/mol. The molecule has 0 atom stereocenters. The molecular weight excluding hydrogens is 1020 g/mol. The second-order valence-electron chi connectivity index (χ2n) is 17.6. The van der Waals surface area contributed by atoms with Gasteiger partial charge in [0.05, 0.1) is 0 Å². The Hall–Kier alpha value is -6.04. The van der Waals surface area contributed by atoms with E-state index < -0.39 is 0 Å². The molecule has 0 amide bonds. The van der Waals surface area contributed by atoms with E-state index in [2.05, 4.69) is 183 Å². The van der Waals surface area contributed by atoms with Crippen LogP contribution < -0.4 is 28.4 Å². The Labute approximate surface area is 391 Å². The fourth-order valence-electron chi connectivity index (χ4n) is 7.98. The van der Waals surface area contributed by atoms with Crippen LogP contribution in [0.25, 0.3) is 22.3 Å². The summed E-state index contributed by atoms with van der Waals surface area (Å²) in [6.07, 6.45) is 7.56. The molecular formula is C54H45N6OPtSe-3. The number of benzene rings is 5. The Kier molecular flexibility index (Phi) is 11.3. The van der Waals surface area contributed by atoms with Crippen molar-refractivity contribution >= 4 is 64.0 Å². The molecule has 0 fully saturated rings. The molecule has 8 aromatic rings. The van der Waals surface area contributed by atoms with Crippen molar-refractivity contribution < 1.29 is 25.8 Å². The maximum absolute atomic E-state index is 6.66. The summed E-state index contributed by atoms with van der Waals surface area (Å²) >= 11 is 0.0316. The summed E-state index contributed by atoms with van der Waals surface area (Å²) in [5.74, 6) is 2.79. The zero-order valence-corrected chi connectivity index (χ0v) is 39.9. The molecule has 2 aliphatic rings. The molecule has 0 unspecified atom stereocenters. The normalized spacial score (nSPS) is 13.2. The Morgan fingerprint density at radius 1 is 0.587 bits per heavy atom. The predicted molar refractivity (Wildman–Crippen MR) is 253 cm³/mol. The third kappa shape index (κ3) is 8.20. The average Bonchev–Trinajstić information content (AvgIpc) is 3.67. The number of ether oxygens (including phenoxy) is 1. The molecule has 5 aromatic carbocycles. The molecule has 5 heterocycles. The third-order valence-electron chi connectivity index (χ3n) is 11.3. The SMILES string of the molecule is CC(C)(C)c1ccnc(N2c3[c-]c(Oc4[c-]c(N5[CH-]N(c6c(-c7ccccc7)cc(C(C)(C)C)cc6-c6ccccc6)c6cccnc65)ccc4)ccc3[Se]c3cnccc32)c1.[Pt]. The first kappa shape index (κ1) is 42.3. The van der Waals surface area contributed by atoms with E-state index in [0.29, 0.717) is 11.5 Å². The summed E-state index contributed by atoms with van der Waals surface area (Å²) < 4.78 is 9.03. The van der Waals surface area contributed by atoms with Crippen LogP contribution in [0.5, 0.6) is 11.5 Å². The van der Waals surface area contributed by atoms with Crippen LogP contribution in [0, 0.1) is 18.8 Å². The molecule has 0 spiro atoms. The molecule has 316 valence electrons. The topological polar surface area (TPSA) is 57.6 Å². The Morgan fingerprint density at radius 2 is 1.29 bits per heavy atom. The van der Waals surface area contributed by atoms with E-state index in [-0.39, 0.29) is 46.9 Å². The summed E-state index contributed by atoms with van der Waals surface area (Å²) in [6, 6.07) is 53.9. The minimum Gasteiger partial charge on any atom is 0 e. The smallest absolute Gasteiger partial charge is 0 e. The van der Waals surface area contributed by atoms with Gasteiger partial charge in [0.25, 0.3) is 0 Å². The minimum atomic E-state index is -0.0773. The van der Waals surface area contributed by atoms with Gasteiger partial charge in [-0.25, -0.2) is 0 Å². The van der Waals surface area contributed by atoms with Crippen LogP contribution in [0.4, 0.5) is 40.1 Å². The number of rotatable bonds is 7. The molecule has 0 bridgehead atoms. The van der Waals surface area contributed by atoms with Gasteiger partial charge in [0.15, 0.2) is 0 Å². The van der Waals surface area contributed by atoms with Crippen molar-refractivity contribution in [3.05, 3.63) is 188 Å². The van der Waals surface area contributed by atoms with E-state index in [4.69, 9.17) is 14.7 Å². The molecule has 0 saturated heterocycles. The molecule has 2 aliphatic heterocycles. The van der Waals surface area contributed by atoms with Crippen LogP contribution >= 0.6 is 0 Å². The second-order valence-corrected chi connectivity index (χ2v) is 19.8. The number of hydrogen-bond acceptors (Lipinski definition) is 7. The fourth-order valence-corrected chi connectivity index (χ4v) is 10.1. The first-order valence-electron chi connectivity index (χ1n) is 20.8. The maximum Gasteiger partial charge on any atom is 0 e. The number of anilines is 7. The van der Waals surface area contributed by atoms with E-state index in [1.165, 1.54) is 20.1 Å². The largest absolute Gasteiger partial charge is 0 e. The third-order valence-corrected chi connectivity index (χ3v) is 13.5. The first-order valence-corrected chi connectivity index (χ1v) is 22.5. The molecule has 0 N–H and O–H groups in total. The van der Waals surface area contributed by atoms with E-state index in [0.717, 1.165) is 62.3 Å². The molecule has 0 radical (unpaired) electrons. The van der Waals surface area contributed by atoms with E-state index in [1.807, 2.05) is 55.1 Å². The Balaban J connectivity index is 0.00000504. The Morgan fingerprint density at radius 3 is 1.98 bits per heavy atom. The van der Waals surface area contributed by atoms with E-state index in [9.17, 15) is 0 Å². The quantitative estimate of drug-likeness (QED) is 0.116. The van der Waals surface area contributed by atoms with Crippen molar-refractivity contribution in [2.45, 2.75) is 52.4 Å². The minimum absolute atomic E-state index is 0. The van der Waals surface area contributed by atoms with Gasteiger partial charge in [-0.05, 0) is 40.3 Å². The number of fused-ring (bicyclic) bond motifs is 3. The number of aromatic nitrogens is 3. The van der Waals surface area contributed by atoms with E-state index in [1.54, 1.807) is 0 Å². The molecule has 10 rings (SSSR count). The van der Waals surface area contributed by atoms with Crippen LogP contribution in [0.15, 0.2) is 158 Å². The predicted octanol–water partition coefficient (Wildman–Crippen LogP) is 12.0. The summed E-state index contributed by atoms with van der Waals surface area (Å²) in [5.41, 5.74) is 11.8. The second kappa shape index (κ2) is 16.9. The van der Waals surface area contributed by atoms with Gasteiger partial charge in [0.1, 0.15) is 0 Å². The summed E-state index contributed by atoms with van der Waals surface area (Å²) in [4.78, 5) is 20.9. The van der Waals surface area contributed by atoms with Gasteiger partial charge in [0.2, 0.25) is 0 Å². The van der Waals surface area contributed by atoms with Crippen molar-refractivity contribution in [3.63, 3.8) is 0 Å². The zero-order chi connectivity index (χ0) is 42.6. The van der Waals surface area contributed by atoms with Crippen LogP contribution in [0.2, 0.25) is 0 Å². The molecule has 0 aliphatic carbocycles. The van der Waals surface area contributed by atoms with Crippen LogP contribution in [-0.4, -0.2) is 29.9 Å². The average molecular weight is 1070 g/mol. The number of nitrogens with zero attached hydrogens (tertiary/aromatic N) is 6. The van der Waals surface area contributed by atoms with Crippen molar-refractivity contribution in [2.24, 2.45) is 0 Å². The van der Waals surface area contributed by atoms with E-state index >= 15 is 0 Å².